The molecule has 0 unspecified atom stereocenters. The number of carbonyl (C=O) groups excluding carboxylic acids is 1. The Morgan fingerprint density at radius 1 is 1.30 bits per heavy atom. The highest BCUT2D eigenvalue weighted by molar-refractivity contribution is 7.09. The Balaban J connectivity index is 1.85. The van der Waals surface area contributed by atoms with Crippen LogP contribution in [0, 0.1) is 13.8 Å². The van der Waals surface area contributed by atoms with Crippen LogP contribution in [0.25, 0.3) is 0 Å². The van der Waals surface area contributed by atoms with E-state index < -0.39 is 0 Å². The van der Waals surface area contributed by atoms with E-state index in [0.29, 0.717) is 6.04 Å². The molecule has 1 aliphatic carbocycles. The van der Waals surface area contributed by atoms with Gasteiger partial charge in [-0.15, -0.1) is 11.3 Å². The molecule has 1 heterocycles. The van der Waals surface area contributed by atoms with Gasteiger partial charge in [0.25, 0.3) is 5.91 Å². The number of carbonyl (C=O) groups is 1. The van der Waals surface area contributed by atoms with E-state index in [1.54, 1.807) is 11.3 Å². The van der Waals surface area contributed by atoms with Gasteiger partial charge in [-0.25, -0.2) is 0 Å². The molecule has 1 aliphatic rings. The number of nitrogens with zero attached hydrogens (tertiary/aromatic N) is 1. The Labute approximate surface area is 124 Å². The monoisotopic (exact) mass is 285 g/mol. The molecule has 1 aromatic heterocycles. The largest absolute Gasteiger partial charge is 0.331 e. The predicted molar refractivity (Wildman–Crippen MR) is 83.1 cm³/mol. The molecule has 0 atom stereocenters. The van der Waals surface area contributed by atoms with Crippen LogP contribution in [0.1, 0.15) is 39.2 Å². The first-order valence-corrected chi connectivity index (χ1v) is 7.94. The first kappa shape index (κ1) is 13.4. The third-order valence-electron chi connectivity index (χ3n) is 3.77. The minimum Gasteiger partial charge on any atom is -0.331 e. The SMILES string of the molecule is Cc1ccc(C(=O)N(Cc2cccs2)C2CC2)c(C)c1. The lowest BCUT2D eigenvalue weighted by Crippen LogP contribution is -2.32. The van der Waals surface area contributed by atoms with E-state index in [2.05, 4.69) is 24.4 Å². The Morgan fingerprint density at radius 2 is 2.10 bits per heavy atom. The van der Waals surface area contributed by atoms with Gasteiger partial charge in [0.1, 0.15) is 0 Å². The first-order chi connectivity index (χ1) is 9.65. The zero-order chi connectivity index (χ0) is 14.1. The highest BCUT2D eigenvalue weighted by Gasteiger charge is 2.33. The fraction of sp³-hybridized carbons (Fsp3) is 0.353. The molecule has 20 heavy (non-hydrogen) atoms. The molecule has 1 aromatic carbocycles. The third-order valence-corrected chi connectivity index (χ3v) is 4.63. The predicted octanol–water partition coefficient (Wildman–Crippen LogP) is 4.17. The van der Waals surface area contributed by atoms with E-state index >= 15 is 0 Å². The van der Waals surface area contributed by atoms with Crippen LogP contribution in [0.5, 0.6) is 0 Å². The number of amides is 1. The summed E-state index contributed by atoms with van der Waals surface area (Å²) in [6, 6.07) is 10.7. The summed E-state index contributed by atoms with van der Waals surface area (Å²) >= 11 is 1.72. The Kier molecular flexibility index (Phi) is 3.62. The Hall–Kier alpha value is -1.61. The van der Waals surface area contributed by atoms with Crippen molar-refractivity contribution < 1.29 is 4.79 Å². The van der Waals surface area contributed by atoms with Crippen LogP contribution in [-0.4, -0.2) is 16.8 Å². The van der Waals surface area contributed by atoms with Crippen molar-refractivity contribution in [2.45, 2.75) is 39.3 Å². The Morgan fingerprint density at radius 3 is 2.70 bits per heavy atom. The van der Waals surface area contributed by atoms with Gasteiger partial charge in [0, 0.05) is 16.5 Å². The second-order valence-electron chi connectivity index (χ2n) is 5.56. The molecule has 3 rings (SSSR count). The van der Waals surface area contributed by atoms with Gasteiger partial charge >= 0.3 is 0 Å². The van der Waals surface area contributed by atoms with Crippen molar-refractivity contribution in [3.8, 4) is 0 Å². The van der Waals surface area contributed by atoms with Crippen molar-refractivity contribution >= 4 is 17.2 Å². The van der Waals surface area contributed by atoms with Gasteiger partial charge in [0.15, 0.2) is 0 Å². The number of hydrogen-bond acceptors (Lipinski definition) is 2. The summed E-state index contributed by atoms with van der Waals surface area (Å²) in [7, 11) is 0. The van der Waals surface area contributed by atoms with Crippen molar-refractivity contribution in [2.24, 2.45) is 0 Å². The van der Waals surface area contributed by atoms with E-state index in [9.17, 15) is 4.79 Å². The zero-order valence-corrected chi connectivity index (χ0v) is 12.7. The molecule has 1 amide bonds. The van der Waals surface area contributed by atoms with Gasteiger partial charge in [0.05, 0.1) is 6.54 Å². The van der Waals surface area contributed by atoms with Gasteiger partial charge in [-0.3, -0.25) is 4.79 Å². The van der Waals surface area contributed by atoms with Crippen molar-refractivity contribution in [1.82, 2.24) is 4.90 Å². The van der Waals surface area contributed by atoms with Crippen LogP contribution >= 0.6 is 11.3 Å². The number of hydrogen-bond donors (Lipinski definition) is 0. The molecule has 0 radical (unpaired) electrons. The normalized spacial score (nSPS) is 14.3. The maximum atomic E-state index is 12.8. The molecular weight excluding hydrogens is 266 g/mol. The standard InChI is InChI=1S/C17H19NOS/c1-12-5-8-16(13(2)10-12)17(19)18(14-6-7-14)11-15-4-3-9-20-15/h3-5,8-10,14H,6-7,11H2,1-2H3. The minimum absolute atomic E-state index is 0.179. The van der Waals surface area contributed by atoms with Gasteiger partial charge in [-0.2, -0.15) is 0 Å². The van der Waals surface area contributed by atoms with Crippen molar-refractivity contribution in [3.05, 3.63) is 57.3 Å². The number of thiophene rings is 1. The van der Waals surface area contributed by atoms with Gasteiger partial charge in [-0.1, -0.05) is 23.8 Å². The molecule has 1 fully saturated rings. The third kappa shape index (κ3) is 2.78. The number of benzene rings is 1. The fourth-order valence-corrected chi connectivity index (χ4v) is 3.23. The average Bonchev–Trinajstić information content (AvgIpc) is 3.12. The van der Waals surface area contributed by atoms with Crippen molar-refractivity contribution in [3.63, 3.8) is 0 Å². The van der Waals surface area contributed by atoms with Crippen LogP contribution in [-0.2, 0) is 6.54 Å². The molecule has 104 valence electrons. The smallest absolute Gasteiger partial charge is 0.254 e. The number of rotatable bonds is 4. The molecule has 0 N–H and O–H groups in total. The summed E-state index contributed by atoms with van der Waals surface area (Å²) in [5.41, 5.74) is 3.13. The van der Waals surface area contributed by atoms with Crippen LogP contribution in [0.2, 0.25) is 0 Å². The highest BCUT2D eigenvalue weighted by atomic mass is 32.1. The molecule has 1 saturated carbocycles. The second kappa shape index (κ2) is 5.41. The van der Waals surface area contributed by atoms with Crippen molar-refractivity contribution in [1.29, 1.82) is 0 Å². The summed E-state index contributed by atoms with van der Waals surface area (Å²) in [5, 5.41) is 2.07. The fourth-order valence-electron chi connectivity index (χ4n) is 2.53. The average molecular weight is 285 g/mol. The lowest BCUT2D eigenvalue weighted by molar-refractivity contribution is 0.0731. The maximum absolute atomic E-state index is 12.8. The summed E-state index contributed by atoms with van der Waals surface area (Å²) in [6.45, 7) is 4.83. The quantitative estimate of drug-likeness (QED) is 0.825. The molecule has 0 aliphatic heterocycles. The van der Waals surface area contributed by atoms with E-state index in [0.717, 1.165) is 30.5 Å². The van der Waals surface area contributed by atoms with Gasteiger partial charge < -0.3 is 4.90 Å². The molecule has 0 bridgehead atoms. The van der Waals surface area contributed by atoms with E-state index in [1.165, 1.54) is 10.4 Å². The summed E-state index contributed by atoms with van der Waals surface area (Å²) in [6.07, 6.45) is 2.28. The molecule has 2 aromatic rings. The minimum atomic E-state index is 0.179. The summed E-state index contributed by atoms with van der Waals surface area (Å²) < 4.78 is 0. The van der Waals surface area contributed by atoms with Crippen LogP contribution in [0.3, 0.4) is 0 Å². The number of aryl methyl sites for hydroxylation is 2. The lowest BCUT2D eigenvalue weighted by Gasteiger charge is -2.23. The van der Waals surface area contributed by atoms with Gasteiger partial charge in [0.2, 0.25) is 0 Å². The van der Waals surface area contributed by atoms with E-state index in [-0.39, 0.29) is 5.91 Å². The van der Waals surface area contributed by atoms with Crippen LogP contribution < -0.4 is 0 Å². The lowest BCUT2D eigenvalue weighted by atomic mass is 10.0. The van der Waals surface area contributed by atoms with Crippen LogP contribution in [0.4, 0.5) is 0 Å². The van der Waals surface area contributed by atoms with Crippen molar-refractivity contribution in [2.75, 3.05) is 0 Å². The first-order valence-electron chi connectivity index (χ1n) is 7.06. The molecular formula is C17H19NOS. The molecule has 3 heteroatoms. The zero-order valence-electron chi connectivity index (χ0n) is 11.9. The topological polar surface area (TPSA) is 20.3 Å². The highest BCUT2D eigenvalue weighted by Crippen LogP contribution is 2.31. The maximum Gasteiger partial charge on any atom is 0.254 e. The van der Waals surface area contributed by atoms with Crippen LogP contribution in [0.15, 0.2) is 35.7 Å². The molecule has 0 saturated heterocycles. The Bertz CT molecular complexity index is 614. The summed E-state index contributed by atoms with van der Waals surface area (Å²) in [4.78, 5) is 16.1. The van der Waals surface area contributed by atoms with E-state index in [4.69, 9.17) is 0 Å². The van der Waals surface area contributed by atoms with E-state index in [1.807, 2.05) is 30.0 Å². The summed E-state index contributed by atoms with van der Waals surface area (Å²) in [5.74, 6) is 0.179. The second-order valence-corrected chi connectivity index (χ2v) is 6.59. The molecule has 2 nitrogen and oxygen atoms in total. The molecule has 0 spiro atoms. The van der Waals surface area contributed by atoms with Gasteiger partial charge in [-0.05, 0) is 49.8 Å².